The molecule has 0 N–H and O–H groups in total. The Bertz CT molecular complexity index is 425. The lowest BCUT2D eigenvalue weighted by Crippen LogP contribution is -2.48. The second-order valence-electron chi connectivity index (χ2n) is 4.46. The summed E-state index contributed by atoms with van der Waals surface area (Å²) in [6, 6.07) is 7.87. The van der Waals surface area contributed by atoms with Crippen LogP contribution in [-0.2, 0) is 9.53 Å². The molecule has 0 aliphatic carbocycles. The summed E-state index contributed by atoms with van der Waals surface area (Å²) >= 11 is 3.39. The third-order valence-corrected chi connectivity index (χ3v) is 3.94. The first-order valence-electron chi connectivity index (χ1n) is 5.37. The van der Waals surface area contributed by atoms with Crippen molar-refractivity contribution in [1.82, 2.24) is 0 Å². The average Bonchev–Trinajstić information content (AvgIpc) is 2.57. The summed E-state index contributed by atoms with van der Waals surface area (Å²) in [6.45, 7) is 2.00. The van der Waals surface area contributed by atoms with E-state index in [2.05, 4.69) is 15.9 Å². The molecule has 0 radical (unpaired) electrons. The second-order valence-corrected chi connectivity index (χ2v) is 5.37. The van der Waals surface area contributed by atoms with Crippen LogP contribution in [0.1, 0.15) is 6.42 Å². The molecule has 1 aromatic rings. The highest BCUT2D eigenvalue weighted by atomic mass is 79.9. The summed E-state index contributed by atoms with van der Waals surface area (Å²) < 4.78 is 6.21. The van der Waals surface area contributed by atoms with Gasteiger partial charge < -0.3 is 9.64 Å². The molecule has 0 unspecified atom stereocenters. The first-order valence-corrected chi connectivity index (χ1v) is 6.16. The van der Waals surface area contributed by atoms with Gasteiger partial charge in [-0.1, -0.05) is 15.9 Å². The first-order chi connectivity index (χ1) is 7.71. The number of carbonyl (C=O) groups excluding carboxylic acids is 1. The lowest BCUT2D eigenvalue weighted by atomic mass is 9.84. The van der Waals surface area contributed by atoms with Gasteiger partial charge in [0.1, 0.15) is 0 Å². The monoisotopic (exact) mass is 281 g/mol. The lowest BCUT2D eigenvalue weighted by molar-refractivity contribution is -0.153. The molecule has 4 heteroatoms. The van der Waals surface area contributed by atoms with E-state index in [1.807, 2.05) is 29.2 Å². The number of hydrogen-bond donors (Lipinski definition) is 0. The molecular formula is C12H12BrNO2. The summed E-state index contributed by atoms with van der Waals surface area (Å²) in [5.74, 6) is 0.223. The van der Waals surface area contributed by atoms with Crippen LogP contribution in [0.4, 0.5) is 5.69 Å². The number of hydrogen-bond acceptors (Lipinski definition) is 2. The van der Waals surface area contributed by atoms with E-state index in [0.717, 1.165) is 23.1 Å². The van der Waals surface area contributed by atoms with Crippen LogP contribution in [0, 0.1) is 5.41 Å². The van der Waals surface area contributed by atoms with Crippen LogP contribution in [0.3, 0.4) is 0 Å². The van der Waals surface area contributed by atoms with Gasteiger partial charge in [0.25, 0.3) is 0 Å². The first kappa shape index (κ1) is 10.3. The average molecular weight is 282 g/mol. The molecule has 1 amide bonds. The molecule has 16 heavy (non-hydrogen) atoms. The van der Waals surface area contributed by atoms with Gasteiger partial charge in [-0.3, -0.25) is 4.79 Å². The number of benzene rings is 1. The van der Waals surface area contributed by atoms with Crippen LogP contribution in [0.15, 0.2) is 28.7 Å². The normalized spacial score (nSPS) is 22.6. The fourth-order valence-electron chi connectivity index (χ4n) is 2.30. The maximum atomic E-state index is 12.2. The summed E-state index contributed by atoms with van der Waals surface area (Å²) in [5.41, 5.74) is 0.782. The Balaban J connectivity index is 1.86. The highest BCUT2D eigenvalue weighted by Gasteiger charge is 2.52. The van der Waals surface area contributed by atoms with Gasteiger partial charge in [0.05, 0.1) is 18.6 Å². The highest BCUT2D eigenvalue weighted by molar-refractivity contribution is 9.10. The Kier molecular flexibility index (Phi) is 2.30. The maximum Gasteiger partial charge on any atom is 0.237 e. The molecule has 0 saturated carbocycles. The Morgan fingerprint density at radius 2 is 1.94 bits per heavy atom. The lowest BCUT2D eigenvalue weighted by Gasteiger charge is -2.35. The SMILES string of the molecule is O=C1N(c2ccc(Br)cc2)CCC12COC2. The van der Waals surface area contributed by atoms with Crippen LogP contribution >= 0.6 is 15.9 Å². The Hall–Kier alpha value is -0.870. The highest BCUT2D eigenvalue weighted by Crippen LogP contribution is 2.40. The molecule has 2 aliphatic rings. The predicted octanol–water partition coefficient (Wildman–Crippen LogP) is 2.20. The maximum absolute atomic E-state index is 12.2. The third kappa shape index (κ3) is 1.40. The van der Waals surface area contributed by atoms with Gasteiger partial charge in [-0.15, -0.1) is 0 Å². The zero-order valence-corrected chi connectivity index (χ0v) is 10.4. The number of carbonyl (C=O) groups is 1. The van der Waals surface area contributed by atoms with Crippen LogP contribution in [0.2, 0.25) is 0 Å². The van der Waals surface area contributed by atoms with Crippen LogP contribution in [0.25, 0.3) is 0 Å². The van der Waals surface area contributed by atoms with E-state index in [4.69, 9.17) is 4.74 Å². The number of ether oxygens (including phenoxy) is 1. The van der Waals surface area contributed by atoms with Crippen molar-refractivity contribution in [3.05, 3.63) is 28.7 Å². The fourth-order valence-corrected chi connectivity index (χ4v) is 2.57. The van der Waals surface area contributed by atoms with Crippen molar-refractivity contribution in [3.63, 3.8) is 0 Å². The summed E-state index contributed by atoms with van der Waals surface area (Å²) in [4.78, 5) is 14.1. The minimum Gasteiger partial charge on any atom is -0.379 e. The van der Waals surface area contributed by atoms with E-state index in [0.29, 0.717) is 13.2 Å². The molecule has 0 atom stereocenters. The zero-order valence-electron chi connectivity index (χ0n) is 8.78. The Labute approximate surface area is 103 Å². The molecule has 2 heterocycles. The van der Waals surface area contributed by atoms with Gasteiger partial charge in [0.2, 0.25) is 5.91 Å². The minimum absolute atomic E-state index is 0.201. The second kappa shape index (κ2) is 3.57. The van der Waals surface area contributed by atoms with Crippen molar-refractivity contribution >= 4 is 27.5 Å². The number of rotatable bonds is 1. The minimum atomic E-state index is -0.201. The number of amides is 1. The van der Waals surface area contributed by atoms with Crippen LogP contribution in [0.5, 0.6) is 0 Å². The molecule has 1 spiro atoms. The van der Waals surface area contributed by atoms with Gasteiger partial charge in [-0.05, 0) is 30.7 Å². The fraction of sp³-hybridized carbons (Fsp3) is 0.417. The van der Waals surface area contributed by atoms with E-state index < -0.39 is 0 Å². The predicted molar refractivity (Wildman–Crippen MR) is 64.4 cm³/mol. The number of halogens is 1. The van der Waals surface area contributed by atoms with Crippen LogP contribution < -0.4 is 4.90 Å². The smallest absolute Gasteiger partial charge is 0.237 e. The summed E-state index contributed by atoms with van der Waals surface area (Å²) in [6.07, 6.45) is 0.919. The molecule has 0 bridgehead atoms. The Morgan fingerprint density at radius 1 is 1.25 bits per heavy atom. The number of nitrogens with zero attached hydrogens (tertiary/aromatic N) is 1. The third-order valence-electron chi connectivity index (χ3n) is 3.41. The van der Waals surface area contributed by atoms with Gasteiger partial charge >= 0.3 is 0 Å². The van der Waals surface area contributed by atoms with Crippen molar-refractivity contribution in [1.29, 1.82) is 0 Å². The largest absolute Gasteiger partial charge is 0.379 e. The topological polar surface area (TPSA) is 29.5 Å². The Morgan fingerprint density at radius 3 is 2.44 bits per heavy atom. The summed E-state index contributed by atoms with van der Waals surface area (Å²) in [5, 5.41) is 0. The van der Waals surface area contributed by atoms with Crippen LogP contribution in [-0.4, -0.2) is 25.7 Å². The van der Waals surface area contributed by atoms with Crippen molar-refractivity contribution in [2.24, 2.45) is 5.41 Å². The van der Waals surface area contributed by atoms with Crippen molar-refractivity contribution in [3.8, 4) is 0 Å². The molecule has 3 rings (SSSR count). The quantitative estimate of drug-likeness (QED) is 0.790. The molecular weight excluding hydrogens is 270 g/mol. The van der Waals surface area contributed by atoms with E-state index in [-0.39, 0.29) is 11.3 Å². The van der Waals surface area contributed by atoms with Gasteiger partial charge in [0.15, 0.2) is 0 Å². The molecule has 2 saturated heterocycles. The zero-order chi connectivity index (χ0) is 11.2. The molecule has 2 aliphatic heterocycles. The summed E-state index contributed by atoms with van der Waals surface area (Å²) in [7, 11) is 0. The van der Waals surface area contributed by atoms with Gasteiger partial charge in [-0.2, -0.15) is 0 Å². The van der Waals surface area contributed by atoms with E-state index in [9.17, 15) is 4.79 Å². The molecule has 84 valence electrons. The van der Waals surface area contributed by atoms with Crippen molar-refractivity contribution in [2.75, 3.05) is 24.7 Å². The van der Waals surface area contributed by atoms with E-state index in [1.54, 1.807) is 0 Å². The molecule has 3 nitrogen and oxygen atoms in total. The molecule has 1 aromatic carbocycles. The van der Waals surface area contributed by atoms with Gasteiger partial charge in [0, 0.05) is 16.7 Å². The molecule has 0 aromatic heterocycles. The number of anilines is 1. The van der Waals surface area contributed by atoms with Gasteiger partial charge in [-0.25, -0.2) is 0 Å². The standard InChI is InChI=1S/C12H12BrNO2/c13-9-1-3-10(4-2-9)14-6-5-12(11(14)15)7-16-8-12/h1-4H,5-8H2. The van der Waals surface area contributed by atoms with E-state index >= 15 is 0 Å². The van der Waals surface area contributed by atoms with Crippen molar-refractivity contribution in [2.45, 2.75) is 6.42 Å². The van der Waals surface area contributed by atoms with E-state index in [1.165, 1.54) is 0 Å². The van der Waals surface area contributed by atoms with Crippen molar-refractivity contribution < 1.29 is 9.53 Å². The molecule has 2 fully saturated rings.